The van der Waals surface area contributed by atoms with Crippen LogP contribution in [-0.2, 0) is 10.0 Å². The Morgan fingerprint density at radius 1 is 1.04 bits per heavy atom. The molecule has 122 valence electrons. The third-order valence-electron chi connectivity index (χ3n) is 2.96. The van der Waals surface area contributed by atoms with E-state index in [1.807, 2.05) is 0 Å². The van der Waals surface area contributed by atoms with Crippen molar-refractivity contribution in [2.45, 2.75) is 4.90 Å². The third kappa shape index (κ3) is 4.24. The molecule has 23 heavy (non-hydrogen) atoms. The van der Waals surface area contributed by atoms with E-state index in [0.717, 1.165) is 12.1 Å². The first-order chi connectivity index (χ1) is 10.9. The lowest BCUT2D eigenvalue weighted by atomic mass is 10.2. The molecular formula is C14H14FN3O4S. The number of rotatable bonds is 7. The summed E-state index contributed by atoms with van der Waals surface area (Å²) in [5, 5.41) is 13.6. The Bertz CT molecular complexity index is 811. The van der Waals surface area contributed by atoms with Crippen LogP contribution in [0.15, 0.2) is 53.4 Å². The molecule has 0 aromatic heterocycles. The van der Waals surface area contributed by atoms with E-state index in [0.29, 0.717) is 0 Å². The van der Waals surface area contributed by atoms with Gasteiger partial charge in [0, 0.05) is 19.2 Å². The van der Waals surface area contributed by atoms with Crippen LogP contribution in [0.2, 0.25) is 0 Å². The highest BCUT2D eigenvalue weighted by molar-refractivity contribution is 7.89. The molecule has 0 bridgehead atoms. The monoisotopic (exact) mass is 339 g/mol. The molecule has 2 N–H and O–H groups in total. The molecule has 0 saturated heterocycles. The molecule has 2 rings (SSSR count). The van der Waals surface area contributed by atoms with Crippen LogP contribution in [0.25, 0.3) is 0 Å². The van der Waals surface area contributed by atoms with Crippen LogP contribution in [0, 0.1) is 15.9 Å². The molecule has 0 heterocycles. The van der Waals surface area contributed by atoms with Gasteiger partial charge in [-0.2, -0.15) is 0 Å². The number of hydrogen-bond acceptors (Lipinski definition) is 5. The predicted molar refractivity (Wildman–Crippen MR) is 83.2 cm³/mol. The number of hydrogen-bond donors (Lipinski definition) is 2. The molecule has 0 saturated carbocycles. The highest BCUT2D eigenvalue weighted by Gasteiger charge is 2.18. The van der Waals surface area contributed by atoms with Crippen molar-refractivity contribution in [2.75, 3.05) is 18.4 Å². The highest BCUT2D eigenvalue weighted by Crippen LogP contribution is 2.22. The standard InChI is InChI=1S/C14H14FN3O4S/c15-11-5-1-4-8-14(11)23(21,22)17-10-9-16-12-6-2-3-7-13(12)18(19)20/h1-8,16-17H,9-10H2. The van der Waals surface area contributed by atoms with Crippen molar-refractivity contribution in [2.24, 2.45) is 0 Å². The second-order valence-corrected chi connectivity index (χ2v) is 6.26. The minimum atomic E-state index is -3.97. The maximum atomic E-state index is 13.5. The summed E-state index contributed by atoms with van der Waals surface area (Å²) < 4.78 is 39.6. The van der Waals surface area contributed by atoms with Crippen LogP contribution in [-0.4, -0.2) is 26.4 Å². The Morgan fingerprint density at radius 3 is 2.39 bits per heavy atom. The molecule has 0 fully saturated rings. The largest absolute Gasteiger partial charge is 0.378 e. The van der Waals surface area contributed by atoms with E-state index < -0.39 is 25.7 Å². The summed E-state index contributed by atoms with van der Waals surface area (Å²) in [4.78, 5) is 9.87. The van der Waals surface area contributed by atoms with E-state index in [1.165, 1.54) is 30.3 Å². The van der Waals surface area contributed by atoms with Crippen LogP contribution >= 0.6 is 0 Å². The molecule has 0 aliphatic carbocycles. The molecule has 0 aliphatic heterocycles. The molecule has 0 radical (unpaired) electrons. The van der Waals surface area contributed by atoms with Gasteiger partial charge in [-0.3, -0.25) is 10.1 Å². The van der Waals surface area contributed by atoms with Crippen molar-refractivity contribution in [3.8, 4) is 0 Å². The second-order valence-electron chi connectivity index (χ2n) is 4.53. The fourth-order valence-electron chi connectivity index (χ4n) is 1.91. The number of para-hydroxylation sites is 2. The lowest BCUT2D eigenvalue weighted by Gasteiger charge is -2.09. The Balaban J connectivity index is 1.96. The Kier molecular flexibility index (Phi) is 5.24. The molecule has 0 amide bonds. The third-order valence-corrected chi connectivity index (χ3v) is 4.45. The Morgan fingerprint density at radius 2 is 1.70 bits per heavy atom. The van der Waals surface area contributed by atoms with Gasteiger partial charge in [0.1, 0.15) is 16.4 Å². The van der Waals surface area contributed by atoms with Gasteiger partial charge in [0.15, 0.2) is 0 Å². The van der Waals surface area contributed by atoms with E-state index >= 15 is 0 Å². The number of sulfonamides is 1. The van der Waals surface area contributed by atoms with Gasteiger partial charge in [0.05, 0.1) is 4.92 Å². The molecule has 0 unspecified atom stereocenters. The number of nitrogens with one attached hydrogen (secondary N) is 2. The fourth-order valence-corrected chi connectivity index (χ4v) is 3.01. The Hall–Kier alpha value is -2.52. The molecule has 9 heteroatoms. The maximum absolute atomic E-state index is 13.5. The average Bonchev–Trinajstić information content (AvgIpc) is 2.52. The van der Waals surface area contributed by atoms with Crippen molar-refractivity contribution in [1.82, 2.24) is 4.72 Å². The topological polar surface area (TPSA) is 101 Å². The smallest absolute Gasteiger partial charge is 0.292 e. The number of nitro groups is 1. The number of nitrogens with zero attached hydrogens (tertiary/aromatic N) is 1. The molecule has 0 atom stereocenters. The van der Waals surface area contributed by atoms with Crippen LogP contribution in [0.3, 0.4) is 0 Å². The minimum Gasteiger partial charge on any atom is -0.378 e. The zero-order chi connectivity index (χ0) is 16.9. The number of anilines is 1. The molecule has 0 spiro atoms. The first kappa shape index (κ1) is 16.8. The van der Waals surface area contributed by atoms with Gasteiger partial charge in [0.2, 0.25) is 10.0 Å². The van der Waals surface area contributed by atoms with Gasteiger partial charge in [-0.25, -0.2) is 17.5 Å². The molecule has 2 aromatic rings. The minimum absolute atomic E-state index is 0.0529. The lowest BCUT2D eigenvalue weighted by molar-refractivity contribution is -0.384. The fraction of sp³-hybridized carbons (Fsp3) is 0.143. The van der Waals surface area contributed by atoms with E-state index in [2.05, 4.69) is 10.0 Å². The van der Waals surface area contributed by atoms with Crippen molar-refractivity contribution in [1.29, 1.82) is 0 Å². The van der Waals surface area contributed by atoms with Crippen LogP contribution in [0.5, 0.6) is 0 Å². The highest BCUT2D eigenvalue weighted by atomic mass is 32.2. The van der Waals surface area contributed by atoms with Crippen LogP contribution in [0.4, 0.5) is 15.8 Å². The van der Waals surface area contributed by atoms with E-state index in [-0.39, 0.29) is 24.5 Å². The van der Waals surface area contributed by atoms with Gasteiger partial charge in [0.25, 0.3) is 5.69 Å². The lowest BCUT2D eigenvalue weighted by Crippen LogP contribution is -2.29. The predicted octanol–water partition coefficient (Wildman–Crippen LogP) is 2.12. The normalized spacial score (nSPS) is 11.2. The number of nitro benzene ring substituents is 1. The summed E-state index contributed by atoms with van der Waals surface area (Å²) in [5.41, 5.74) is 0.173. The first-order valence-electron chi connectivity index (χ1n) is 6.63. The average molecular weight is 339 g/mol. The Labute approximate surface area is 132 Å². The van der Waals surface area contributed by atoms with Crippen molar-refractivity contribution >= 4 is 21.4 Å². The zero-order valence-corrected chi connectivity index (χ0v) is 12.7. The van der Waals surface area contributed by atoms with Gasteiger partial charge in [-0.1, -0.05) is 24.3 Å². The summed E-state index contributed by atoms with van der Waals surface area (Å²) in [7, 11) is -3.97. The van der Waals surface area contributed by atoms with E-state index in [1.54, 1.807) is 6.07 Å². The molecule has 7 nitrogen and oxygen atoms in total. The van der Waals surface area contributed by atoms with Crippen molar-refractivity contribution in [3.05, 3.63) is 64.5 Å². The SMILES string of the molecule is O=[N+]([O-])c1ccccc1NCCNS(=O)(=O)c1ccccc1F. The van der Waals surface area contributed by atoms with Crippen molar-refractivity contribution < 1.29 is 17.7 Å². The van der Waals surface area contributed by atoms with Gasteiger partial charge in [-0.05, 0) is 18.2 Å². The molecule has 0 aliphatic rings. The summed E-state index contributed by atoms with van der Waals surface area (Å²) in [6, 6.07) is 11.0. The first-order valence-corrected chi connectivity index (χ1v) is 8.11. The van der Waals surface area contributed by atoms with Gasteiger partial charge >= 0.3 is 0 Å². The van der Waals surface area contributed by atoms with E-state index in [9.17, 15) is 22.9 Å². The molecule has 2 aromatic carbocycles. The summed E-state index contributed by atoms with van der Waals surface area (Å²) >= 11 is 0. The maximum Gasteiger partial charge on any atom is 0.292 e. The second kappa shape index (κ2) is 7.16. The quantitative estimate of drug-likeness (QED) is 0.457. The summed E-state index contributed by atoms with van der Waals surface area (Å²) in [6.07, 6.45) is 0. The summed E-state index contributed by atoms with van der Waals surface area (Å²) in [5.74, 6) is -0.841. The number of halogens is 1. The summed E-state index contributed by atoms with van der Waals surface area (Å²) in [6.45, 7) is 0.0568. The molecular weight excluding hydrogens is 325 g/mol. The van der Waals surface area contributed by atoms with Gasteiger partial charge < -0.3 is 5.32 Å². The number of benzene rings is 2. The van der Waals surface area contributed by atoms with Crippen LogP contribution < -0.4 is 10.0 Å². The van der Waals surface area contributed by atoms with Gasteiger partial charge in [-0.15, -0.1) is 0 Å². The van der Waals surface area contributed by atoms with Crippen molar-refractivity contribution in [3.63, 3.8) is 0 Å². The van der Waals surface area contributed by atoms with E-state index in [4.69, 9.17) is 0 Å². The van der Waals surface area contributed by atoms with Crippen LogP contribution in [0.1, 0.15) is 0 Å². The zero-order valence-electron chi connectivity index (χ0n) is 11.9.